The van der Waals surface area contributed by atoms with E-state index in [1.54, 1.807) is 13.8 Å². The van der Waals surface area contributed by atoms with Crippen LogP contribution in [0, 0.1) is 0 Å². The summed E-state index contributed by atoms with van der Waals surface area (Å²) in [5, 5.41) is 12.6. The van der Waals surface area contributed by atoms with Crippen LogP contribution in [0.4, 0.5) is 0 Å². The maximum Gasteiger partial charge on any atom is 0.377 e. The predicted octanol–water partition coefficient (Wildman–Crippen LogP) is 0.217. The lowest BCUT2D eigenvalue weighted by atomic mass is 9.79. The summed E-state index contributed by atoms with van der Waals surface area (Å²) in [5.41, 5.74) is 5.08. The van der Waals surface area contributed by atoms with Crippen LogP contribution >= 0.6 is 0 Å². The van der Waals surface area contributed by atoms with Crippen molar-refractivity contribution in [2.45, 2.75) is 38.7 Å². The van der Waals surface area contributed by atoms with Crippen LogP contribution in [0.2, 0.25) is 0 Å². The average molecular weight is 344 g/mol. The third kappa shape index (κ3) is 5.50. The van der Waals surface area contributed by atoms with E-state index in [9.17, 15) is 9.59 Å². The van der Waals surface area contributed by atoms with Crippen LogP contribution in [0.25, 0.3) is 0 Å². The molecule has 0 aromatic carbocycles. The maximum atomic E-state index is 11.8. The first-order valence-corrected chi connectivity index (χ1v) is 7.80. The zero-order chi connectivity index (χ0) is 18.0. The Balaban J connectivity index is 2.85. The van der Waals surface area contributed by atoms with Crippen molar-refractivity contribution in [3.8, 4) is 0 Å². The van der Waals surface area contributed by atoms with Crippen molar-refractivity contribution >= 4 is 17.8 Å². The number of carbonyl (C=O) groups excluding carboxylic acids is 2. The van der Waals surface area contributed by atoms with Gasteiger partial charge in [-0.05, 0) is 33.1 Å². The summed E-state index contributed by atoms with van der Waals surface area (Å²) in [4.78, 5) is 28.3. The van der Waals surface area contributed by atoms with Crippen molar-refractivity contribution in [1.29, 1.82) is 0 Å². The van der Waals surface area contributed by atoms with Crippen LogP contribution in [0.15, 0.2) is 17.0 Å². The Hall–Kier alpha value is -2.13. The molecule has 9 heteroatoms. The number of rotatable bonds is 10. The minimum Gasteiger partial charge on any atom is -0.463 e. The molecule has 0 radical (unpaired) electrons. The molecule has 0 aliphatic heterocycles. The zero-order valence-electron chi connectivity index (χ0n) is 13.9. The molecule has 3 N–H and O–H groups in total. The number of amidine groups is 1. The van der Waals surface area contributed by atoms with Gasteiger partial charge in [-0.1, -0.05) is 5.16 Å². The molecule has 0 heterocycles. The van der Waals surface area contributed by atoms with Gasteiger partial charge in [-0.2, -0.15) is 0 Å². The lowest BCUT2D eigenvalue weighted by Crippen LogP contribution is -2.52. The molecular weight excluding hydrogens is 320 g/mol. The summed E-state index contributed by atoms with van der Waals surface area (Å²) >= 11 is 0. The predicted molar refractivity (Wildman–Crippen MR) is 83.7 cm³/mol. The molecule has 0 spiro atoms. The van der Waals surface area contributed by atoms with E-state index in [1.165, 1.54) is 0 Å². The van der Waals surface area contributed by atoms with Gasteiger partial charge in [-0.25, -0.2) is 9.59 Å². The second-order valence-electron chi connectivity index (χ2n) is 4.97. The van der Waals surface area contributed by atoms with Crippen molar-refractivity contribution in [3.63, 3.8) is 0 Å². The van der Waals surface area contributed by atoms with Gasteiger partial charge in [-0.15, -0.1) is 0 Å². The number of ether oxygens (including phenoxy) is 3. The molecule has 1 aliphatic carbocycles. The molecule has 136 valence electrons. The highest BCUT2D eigenvalue weighted by atomic mass is 16.7. The summed E-state index contributed by atoms with van der Waals surface area (Å²) in [5.74, 6) is -2.03. The fourth-order valence-electron chi connectivity index (χ4n) is 2.01. The quantitative estimate of drug-likeness (QED) is 0.144. The van der Waals surface area contributed by atoms with E-state index in [-0.39, 0.29) is 32.3 Å². The zero-order valence-corrected chi connectivity index (χ0v) is 13.9. The van der Waals surface area contributed by atoms with E-state index in [0.29, 0.717) is 12.8 Å². The summed E-state index contributed by atoms with van der Waals surface area (Å²) in [6, 6.07) is 0. The van der Waals surface area contributed by atoms with Crippen molar-refractivity contribution in [3.05, 3.63) is 11.8 Å². The van der Waals surface area contributed by atoms with Gasteiger partial charge in [0.2, 0.25) is 5.76 Å². The largest absolute Gasteiger partial charge is 0.463 e. The summed E-state index contributed by atoms with van der Waals surface area (Å²) in [6.07, 6.45) is 3.00. The van der Waals surface area contributed by atoms with Gasteiger partial charge in [0.05, 0.1) is 32.5 Å². The molecule has 0 unspecified atom stereocenters. The Morgan fingerprint density at radius 1 is 1.25 bits per heavy atom. The monoisotopic (exact) mass is 344 g/mol. The van der Waals surface area contributed by atoms with Crippen LogP contribution < -0.4 is 5.73 Å². The van der Waals surface area contributed by atoms with E-state index in [2.05, 4.69) is 5.16 Å². The van der Waals surface area contributed by atoms with Crippen molar-refractivity contribution in [1.82, 2.24) is 0 Å². The van der Waals surface area contributed by atoms with Gasteiger partial charge >= 0.3 is 11.9 Å². The van der Waals surface area contributed by atoms with E-state index in [4.69, 9.17) is 29.9 Å². The van der Waals surface area contributed by atoms with E-state index in [1.807, 2.05) is 0 Å². The number of aliphatic hydroxyl groups is 1. The third-order valence-corrected chi connectivity index (χ3v) is 3.35. The molecule has 1 saturated carbocycles. The molecule has 24 heavy (non-hydrogen) atoms. The van der Waals surface area contributed by atoms with E-state index >= 15 is 0 Å². The number of nitrogens with zero attached hydrogens (tertiary/aromatic N) is 1. The first kappa shape index (κ1) is 19.9. The highest BCUT2D eigenvalue weighted by molar-refractivity contribution is 5.95. The molecule has 0 amide bonds. The first-order chi connectivity index (χ1) is 11.5. The number of carbonyl (C=O) groups is 2. The Morgan fingerprint density at radius 3 is 2.42 bits per heavy atom. The minimum absolute atomic E-state index is 0.0289. The molecule has 0 aromatic heterocycles. The maximum absolute atomic E-state index is 11.8. The molecular formula is C15H24N2O7. The van der Waals surface area contributed by atoms with Crippen molar-refractivity contribution in [2.75, 3.05) is 26.4 Å². The SMILES string of the molecule is CCOC(=O)/C=C(/ON=C(N)C1(OCCO)CCC1)C(=O)OCC. The number of nitrogens with two attached hydrogens (primary N) is 1. The third-order valence-electron chi connectivity index (χ3n) is 3.35. The van der Waals surface area contributed by atoms with Gasteiger partial charge in [0.15, 0.2) is 5.84 Å². The fourth-order valence-corrected chi connectivity index (χ4v) is 2.01. The number of esters is 2. The standard InChI is InChI=1S/C15H24N2O7/c1-3-21-12(19)10-11(13(20)22-4-2)24-17-14(16)15(6-5-7-15)23-9-8-18/h10,18H,3-9H2,1-2H3,(H2,16,17)/b11-10+. The molecule has 0 bridgehead atoms. The lowest BCUT2D eigenvalue weighted by Gasteiger charge is -2.40. The molecule has 1 fully saturated rings. The second-order valence-corrected chi connectivity index (χ2v) is 4.97. The van der Waals surface area contributed by atoms with Gasteiger partial charge < -0.3 is 29.9 Å². The van der Waals surface area contributed by atoms with Crippen LogP contribution in [0.1, 0.15) is 33.1 Å². The second kappa shape index (κ2) is 9.89. The molecule has 0 saturated heterocycles. The summed E-state index contributed by atoms with van der Waals surface area (Å²) < 4.78 is 15.0. The lowest BCUT2D eigenvalue weighted by molar-refractivity contribution is -0.144. The van der Waals surface area contributed by atoms with Crippen molar-refractivity contribution < 1.29 is 33.7 Å². The Morgan fingerprint density at radius 2 is 1.92 bits per heavy atom. The normalized spacial score (nSPS) is 17.0. The topological polar surface area (TPSA) is 130 Å². The number of hydrogen-bond acceptors (Lipinski definition) is 8. The Kier molecular flexibility index (Phi) is 8.20. The minimum atomic E-state index is -0.860. The van der Waals surface area contributed by atoms with Crippen LogP contribution in [-0.4, -0.2) is 54.9 Å². The summed E-state index contributed by atoms with van der Waals surface area (Å²) in [7, 11) is 0. The number of hydrogen-bond donors (Lipinski definition) is 2. The molecule has 0 atom stereocenters. The molecule has 1 rings (SSSR count). The van der Waals surface area contributed by atoms with Crippen LogP contribution in [-0.2, 0) is 28.6 Å². The van der Waals surface area contributed by atoms with Gasteiger partial charge in [0.1, 0.15) is 5.60 Å². The highest BCUT2D eigenvalue weighted by Gasteiger charge is 2.42. The molecule has 1 aliphatic rings. The highest BCUT2D eigenvalue weighted by Crippen LogP contribution is 2.35. The first-order valence-electron chi connectivity index (χ1n) is 7.80. The molecule has 9 nitrogen and oxygen atoms in total. The number of oxime groups is 1. The van der Waals surface area contributed by atoms with Crippen molar-refractivity contribution in [2.24, 2.45) is 10.9 Å². The van der Waals surface area contributed by atoms with E-state index < -0.39 is 23.3 Å². The Bertz CT molecular complexity index is 498. The fraction of sp³-hybridized carbons (Fsp3) is 0.667. The van der Waals surface area contributed by atoms with Gasteiger partial charge in [0, 0.05) is 0 Å². The number of aliphatic hydroxyl groups excluding tert-OH is 1. The average Bonchev–Trinajstić information content (AvgIpc) is 2.50. The molecule has 0 aromatic rings. The van der Waals surface area contributed by atoms with Gasteiger partial charge in [0.25, 0.3) is 0 Å². The van der Waals surface area contributed by atoms with Crippen LogP contribution in [0.5, 0.6) is 0 Å². The smallest absolute Gasteiger partial charge is 0.377 e. The Labute approximate surface area is 140 Å². The van der Waals surface area contributed by atoms with Crippen LogP contribution in [0.3, 0.4) is 0 Å². The van der Waals surface area contributed by atoms with Gasteiger partial charge in [-0.3, -0.25) is 0 Å². The van der Waals surface area contributed by atoms with E-state index in [0.717, 1.165) is 12.5 Å². The summed E-state index contributed by atoms with van der Waals surface area (Å²) in [6.45, 7) is 3.46.